The van der Waals surface area contributed by atoms with E-state index in [-0.39, 0.29) is 0 Å². The molecular weight excluding hydrogens is 322 g/mol. The summed E-state index contributed by atoms with van der Waals surface area (Å²) in [4.78, 5) is 4.58. The second-order valence-corrected chi connectivity index (χ2v) is 6.24. The van der Waals surface area contributed by atoms with Gasteiger partial charge in [0.05, 0.1) is 20.3 Å². The molecule has 1 aromatic carbocycles. The summed E-state index contributed by atoms with van der Waals surface area (Å²) < 4.78 is 11.0. The third-order valence-electron chi connectivity index (χ3n) is 3.36. The van der Waals surface area contributed by atoms with Gasteiger partial charge in [0.1, 0.15) is 5.75 Å². The van der Waals surface area contributed by atoms with Crippen molar-refractivity contribution in [1.82, 2.24) is 10.6 Å². The van der Waals surface area contributed by atoms with Crippen molar-refractivity contribution in [3.63, 3.8) is 0 Å². The average molecular weight is 354 g/mol. The standard InChI is InChI=1S/C18H31N3O2S/c1-4-19-18(20-11-7-8-14-24-3)21-12-13-23-15-16-9-5-6-10-17(16)22-2/h5-6,9-10H,4,7-8,11-15H2,1-3H3,(H2,19,20,21). The molecule has 0 saturated heterocycles. The highest BCUT2D eigenvalue weighted by Gasteiger charge is 2.01. The smallest absolute Gasteiger partial charge is 0.191 e. The van der Waals surface area contributed by atoms with Crippen molar-refractivity contribution in [2.45, 2.75) is 26.4 Å². The minimum atomic E-state index is 0.550. The monoisotopic (exact) mass is 353 g/mol. The van der Waals surface area contributed by atoms with Gasteiger partial charge in [-0.3, -0.25) is 4.99 Å². The molecule has 0 unspecified atom stereocenters. The van der Waals surface area contributed by atoms with Crippen LogP contribution in [0.25, 0.3) is 0 Å². The molecule has 1 aromatic rings. The highest BCUT2D eigenvalue weighted by atomic mass is 32.2. The van der Waals surface area contributed by atoms with Gasteiger partial charge in [-0.1, -0.05) is 18.2 Å². The van der Waals surface area contributed by atoms with Crippen LogP contribution >= 0.6 is 11.8 Å². The Bertz CT molecular complexity index is 469. The number of methoxy groups -OCH3 is 1. The van der Waals surface area contributed by atoms with Crippen LogP contribution < -0.4 is 15.4 Å². The van der Waals surface area contributed by atoms with E-state index in [1.54, 1.807) is 7.11 Å². The summed E-state index contributed by atoms with van der Waals surface area (Å²) in [7, 11) is 1.68. The van der Waals surface area contributed by atoms with Gasteiger partial charge in [-0.25, -0.2) is 0 Å². The van der Waals surface area contributed by atoms with Crippen LogP contribution in [0.2, 0.25) is 0 Å². The lowest BCUT2D eigenvalue weighted by Gasteiger charge is -2.12. The molecule has 0 fully saturated rings. The number of thioether (sulfide) groups is 1. The average Bonchev–Trinajstić information content (AvgIpc) is 2.61. The molecule has 0 amide bonds. The van der Waals surface area contributed by atoms with E-state index in [9.17, 15) is 0 Å². The summed E-state index contributed by atoms with van der Waals surface area (Å²) in [6.45, 7) is 5.69. The van der Waals surface area contributed by atoms with Gasteiger partial charge >= 0.3 is 0 Å². The Hall–Kier alpha value is -1.40. The number of ether oxygens (including phenoxy) is 2. The number of nitrogens with one attached hydrogen (secondary N) is 2. The lowest BCUT2D eigenvalue weighted by molar-refractivity contribution is 0.123. The number of hydrogen-bond acceptors (Lipinski definition) is 4. The Balaban J connectivity index is 2.23. The number of hydrogen-bond donors (Lipinski definition) is 2. The molecular formula is C18H31N3O2S. The highest BCUT2D eigenvalue weighted by molar-refractivity contribution is 7.98. The second-order valence-electron chi connectivity index (χ2n) is 5.25. The Kier molecular flexibility index (Phi) is 12.0. The lowest BCUT2D eigenvalue weighted by Crippen LogP contribution is -2.39. The molecule has 0 aliphatic heterocycles. The molecule has 0 heterocycles. The quantitative estimate of drug-likeness (QED) is 0.344. The van der Waals surface area contributed by atoms with Crippen molar-refractivity contribution in [2.24, 2.45) is 4.99 Å². The molecule has 0 saturated carbocycles. The molecule has 0 aromatic heterocycles. The Labute approximate surface area is 150 Å². The Morgan fingerprint density at radius 2 is 2.04 bits per heavy atom. The van der Waals surface area contributed by atoms with E-state index >= 15 is 0 Å². The van der Waals surface area contributed by atoms with Crippen LogP contribution in [-0.4, -0.2) is 51.3 Å². The van der Waals surface area contributed by atoms with Gasteiger partial charge in [0, 0.05) is 25.2 Å². The molecule has 2 N–H and O–H groups in total. The van der Waals surface area contributed by atoms with Crippen molar-refractivity contribution < 1.29 is 9.47 Å². The Morgan fingerprint density at radius 3 is 2.79 bits per heavy atom. The summed E-state index contributed by atoms with van der Waals surface area (Å²) in [5.74, 6) is 2.93. The first kappa shape index (κ1) is 20.6. The maximum absolute atomic E-state index is 5.72. The third-order valence-corrected chi connectivity index (χ3v) is 4.06. The zero-order valence-electron chi connectivity index (χ0n) is 15.1. The number of benzene rings is 1. The molecule has 0 aliphatic carbocycles. The zero-order chi connectivity index (χ0) is 17.5. The molecule has 6 heteroatoms. The van der Waals surface area contributed by atoms with E-state index in [4.69, 9.17) is 9.47 Å². The van der Waals surface area contributed by atoms with E-state index in [1.807, 2.05) is 36.0 Å². The molecule has 0 aliphatic rings. The SMILES string of the molecule is CCNC(=NCCCCSC)NCCOCc1ccccc1OC. The fourth-order valence-corrected chi connectivity index (χ4v) is 2.63. The fourth-order valence-electron chi connectivity index (χ4n) is 2.14. The van der Waals surface area contributed by atoms with E-state index in [1.165, 1.54) is 12.2 Å². The number of guanidine groups is 1. The van der Waals surface area contributed by atoms with Crippen LogP contribution in [0.15, 0.2) is 29.3 Å². The van der Waals surface area contributed by atoms with Gasteiger partial charge in [-0.15, -0.1) is 0 Å². The van der Waals surface area contributed by atoms with Crippen LogP contribution in [-0.2, 0) is 11.3 Å². The first-order valence-electron chi connectivity index (χ1n) is 8.52. The first-order valence-corrected chi connectivity index (χ1v) is 9.92. The summed E-state index contributed by atoms with van der Waals surface area (Å²) in [6, 6.07) is 7.92. The fraction of sp³-hybridized carbons (Fsp3) is 0.611. The van der Waals surface area contributed by atoms with Gasteiger partial charge in [0.15, 0.2) is 5.96 Å². The topological polar surface area (TPSA) is 54.9 Å². The van der Waals surface area contributed by atoms with E-state index in [0.29, 0.717) is 13.2 Å². The minimum Gasteiger partial charge on any atom is -0.496 e. The van der Waals surface area contributed by atoms with Crippen molar-refractivity contribution in [3.8, 4) is 5.75 Å². The molecule has 0 atom stereocenters. The molecule has 24 heavy (non-hydrogen) atoms. The van der Waals surface area contributed by atoms with Crippen LogP contribution in [0.4, 0.5) is 0 Å². The van der Waals surface area contributed by atoms with Gasteiger partial charge in [0.25, 0.3) is 0 Å². The number of nitrogens with zero attached hydrogens (tertiary/aromatic N) is 1. The normalized spacial score (nSPS) is 11.4. The van der Waals surface area contributed by atoms with E-state index in [2.05, 4.69) is 28.8 Å². The number of para-hydroxylation sites is 1. The number of unbranched alkanes of at least 4 members (excludes halogenated alkanes) is 1. The molecule has 0 spiro atoms. The summed E-state index contributed by atoms with van der Waals surface area (Å²) in [5.41, 5.74) is 1.06. The van der Waals surface area contributed by atoms with Gasteiger partial charge in [-0.05, 0) is 37.8 Å². The lowest BCUT2D eigenvalue weighted by atomic mass is 10.2. The predicted molar refractivity (Wildman–Crippen MR) is 104 cm³/mol. The van der Waals surface area contributed by atoms with Crippen LogP contribution in [0.3, 0.4) is 0 Å². The maximum atomic E-state index is 5.72. The number of rotatable bonds is 12. The second kappa shape index (κ2) is 14.0. The summed E-state index contributed by atoms with van der Waals surface area (Å²) >= 11 is 1.89. The highest BCUT2D eigenvalue weighted by Crippen LogP contribution is 2.17. The molecule has 5 nitrogen and oxygen atoms in total. The van der Waals surface area contributed by atoms with Crippen molar-refractivity contribution in [3.05, 3.63) is 29.8 Å². The van der Waals surface area contributed by atoms with E-state index in [0.717, 1.165) is 43.3 Å². The van der Waals surface area contributed by atoms with Crippen molar-refractivity contribution >= 4 is 17.7 Å². The van der Waals surface area contributed by atoms with Gasteiger partial charge in [0.2, 0.25) is 0 Å². The third kappa shape index (κ3) is 9.03. The largest absolute Gasteiger partial charge is 0.496 e. The molecule has 0 bridgehead atoms. The van der Waals surface area contributed by atoms with Crippen molar-refractivity contribution in [1.29, 1.82) is 0 Å². The molecule has 1 rings (SSSR count). The minimum absolute atomic E-state index is 0.550. The Morgan fingerprint density at radius 1 is 1.21 bits per heavy atom. The van der Waals surface area contributed by atoms with Crippen molar-refractivity contribution in [2.75, 3.05) is 45.4 Å². The number of aliphatic imine (C=N–C) groups is 1. The predicted octanol–water partition coefficient (Wildman–Crippen LogP) is 2.91. The summed E-state index contributed by atoms with van der Waals surface area (Å²) in [6.07, 6.45) is 4.48. The van der Waals surface area contributed by atoms with Gasteiger partial charge < -0.3 is 20.1 Å². The summed E-state index contributed by atoms with van der Waals surface area (Å²) in [5, 5.41) is 6.56. The molecule has 0 radical (unpaired) electrons. The van der Waals surface area contributed by atoms with E-state index < -0.39 is 0 Å². The van der Waals surface area contributed by atoms with Gasteiger partial charge in [-0.2, -0.15) is 11.8 Å². The van der Waals surface area contributed by atoms with Crippen LogP contribution in [0.1, 0.15) is 25.3 Å². The zero-order valence-corrected chi connectivity index (χ0v) is 16.0. The van der Waals surface area contributed by atoms with Crippen LogP contribution in [0, 0.1) is 0 Å². The first-order chi connectivity index (χ1) is 11.8. The maximum Gasteiger partial charge on any atom is 0.191 e. The molecule has 136 valence electrons. The van der Waals surface area contributed by atoms with Crippen LogP contribution in [0.5, 0.6) is 5.75 Å².